The Kier molecular flexibility index (Phi) is 7.10. The first-order valence-corrected chi connectivity index (χ1v) is 6.75. The minimum Gasteiger partial charge on any atom is -0.239 e. The molecule has 0 nitrogen and oxygen atoms in total. The Balaban J connectivity index is 0. The Bertz CT molecular complexity index is 133. The molecule has 0 bridgehead atoms. The van der Waals surface area contributed by atoms with Crippen molar-refractivity contribution < 1.29 is 51.4 Å². The third-order valence-corrected chi connectivity index (χ3v) is 6.75. The molecule has 0 amide bonds. The molecule has 0 rings (SSSR count). The van der Waals surface area contributed by atoms with E-state index in [1.54, 1.807) is 0 Å². The zero-order valence-electron chi connectivity index (χ0n) is 12.0. The van der Waals surface area contributed by atoms with E-state index in [9.17, 15) is 0 Å². The molecule has 2 heteroatoms. The van der Waals surface area contributed by atoms with Crippen molar-refractivity contribution in [2.24, 2.45) is 0 Å². The summed E-state index contributed by atoms with van der Waals surface area (Å²) in [6.07, 6.45) is 0. The molecule has 0 aliphatic carbocycles. The average Bonchev–Trinajstić information content (AvgIpc) is 1.44. The monoisotopic (exact) mass is 238 g/mol. The van der Waals surface area contributed by atoms with Gasteiger partial charge in [0.25, 0.3) is 0 Å². The predicted molar refractivity (Wildman–Crippen MR) is 64.9 cm³/mol. The van der Waals surface area contributed by atoms with E-state index >= 15 is 0 Å². The van der Waals surface area contributed by atoms with Gasteiger partial charge in [-0.15, -0.1) is 0 Å². The Morgan fingerprint density at radius 2 is 0.643 bits per heavy atom. The van der Waals surface area contributed by atoms with Crippen molar-refractivity contribution in [3.63, 3.8) is 0 Å². The summed E-state index contributed by atoms with van der Waals surface area (Å²) in [6.45, 7) is 21.6. The van der Waals surface area contributed by atoms with Gasteiger partial charge in [-0.3, -0.25) is 0 Å². The molecule has 0 aromatic rings. The third kappa shape index (κ3) is 5.81. The van der Waals surface area contributed by atoms with E-state index in [0.717, 1.165) is 0 Å². The molecule has 0 fully saturated rings. The fraction of sp³-hybridized carbons (Fsp3) is 1.00. The summed E-state index contributed by atoms with van der Waals surface area (Å²) in [5, 5.41) is 1.46. The molecular weight excluding hydrogens is 211 g/mol. The molecule has 0 aliphatic rings. The minimum absolute atomic E-state index is 0. The van der Waals surface area contributed by atoms with E-state index in [4.69, 9.17) is 0 Å². The van der Waals surface area contributed by atoms with Gasteiger partial charge in [0, 0.05) is 0 Å². The van der Waals surface area contributed by atoms with Gasteiger partial charge >= 0.3 is 51.4 Å². The number of hydrogen-bond acceptors (Lipinski definition) is 0. The summed E-state index contributed by atoms with van der Waals surface area (Å²) in [4.78, 5) is 0. The van der Waals surface area contributed by atoms with Gasteiger partial charge in [0.15, 0.2) is 0 Å². The largest absolute Gasteiger partial charge is 1.00 e. The van der Waals surface area contributed by atoms with Crippen LogP contribution >= 0.6 is 0 Å². The third-order valence-electron chi connectivity index (χ3n) is 2.25. The second kappa shape index (κ2) is 5.46. The van der Waals surface area contributed by atoms with Gasteiger partial charge < -0.3 is 0 Å². The molecule has 0 radical (unpaired) electrons. The standard InChI is InChI=1S/C12H27Si.K/c1-10(2,3)13(11(4,5)6)12(7,8)9;/h1-9H3;/q-1;+1. The van der Waals surface area contributed by atoms with Gasteiger partial charge in [-0.1, -0.05) is 62.3 Å². The molecule has 0 saturated carbocycles. The Hall–Kier alpha value is 1.85. The smallest absolute Gasteiger partial charge is 0.239 e. The molecule has 0 aromatic carbocycles. The Labute approximate surface area is 136 Å². The molecule has 0 saturated heterocycles. The van der Waals surface area contributed by atoms with Gasteiger partial charge in [-0.25, -0.2) is 8.80 Å². The van der Waals surface area contributed by atoms with Crippen LogP contribution in [0.2, 0.25) is 15.1 Å². The van der Waals surface area contributed by atoms with Gasteiger partial charge in [-0.05, 0) is 0 Å². The minimum atomic E-state index is -0.391. The van der Waals surface area contributed by atoms with Gasteiger partial charge in [0.05, 0.1) is 0 Å². The quantitative estimate of drug-likeness (QED) is 0.566. The second-order valence-corrected chi connectivity index (χ2v) is 12.4. The van der Waals surface area contributed by atoms with Crippen molar-refractivity contribution in [1.82, 2.24) is 0 Å². The summed E-state index contributed by atoms with van der Waals surface area (Å²) in [5.74, 6) is 0. The van der Waals surface area contributed by atoms with Crippen LogP contribution in [0.15, 0.2) is 0 Å². The predicted octanol–water partition coefficient (Wildman–Crippen LogP) is 1.89. The topological polar surface area (TPSA) is 0 Å². The first-order valence-electron chi connectivity index (χ1n) is 5.25. The molecule has 0 N–H and O–H groups in total. The maximum Gasteiger partial charge on any atom is 1.00 e. The average molecular weight is 239 g/mol. The molecule has 14 heavy (non-hydrogen) atoms. The van der Waals surface area contributed by atoms with E-state index in [1.807, 2.05) is 0 Å². The molecule has 0 aliphatic heterocycles. The van der Waals surface area contributed by atoms with Crippen molar-refractivity contribution >= 4 is 8.80 Å². The van der Waals surface area contributed by atoms with Crippen molar-refractivity contribution in [3.8, 4) is 0 Å². The summed E-state index contributed by atoms with van der Waals surface area (Å²) in [7, 11) is -0.391. The molecule has 0 atom stereocenters. The normalized spacial score (nSPS) is 14.1. The molecule has 0 spiro atoms. The Morgan fingerprint density at radius 1 is 0.500 bits per heavy atom. The SMILES string of the molecule is CC(C)(C)[Si-](C(C)(C)C)C(C)(C)C.[K+]. The van der Waals surface area contributed by atoms with Crippen LogP contribution in [0.1, 0.15) is 62.3 Å². The number of hydrogen-bond donors (Lipinski definition) is 0. The maximum absolute atomic E-state index is 2.40. The molecule has 0 aromatic heterocycles. The van der Waals surface area contributed by atoms with Crippen molar-refractivity contribution in [2.45, 2.75) is 77.4 Å². The van der Waals surface area contributed by atoms with Gasteiger partial charge in [0.1, 0.15) is 0 Å². The molecule has 80 valence electrons. The van der Waals surface area contributed by atoms with Crippen LogP contribution in [-0.2, 0) is 0 Å². The second-order valence-electron chi connectivity index (χ2n) is 7.12. The zero-order valence-corrected chi connectivity index (χ0v) is 16.1. The van der Waals surface area contributed by atoms with E-state index in [-0.39, 0.29) is 51.4 Å². The summed E-state index contributed by atoms with van der Waals surface area (Å²) < 4.78 is 0. The van der Waals surface area contributed by atoms with Crippen molar-refractivity contribution in [1.29, 1.82) is 0 Å². The van der Waals surface area contributed by atoms with Crippen LogP contribution < -0.4 is 51.4 Å². The summed E-state index contributed by atoms with van der Waals surface area (Å²) in [5.41, 5.74) is 0. The zero-order chi connectivity index (χ0) is 11.1. The molecular formula is C12H27KSi. The van der Waals surface area contributed by atoms with Crippen LogP contribution in [0.3, 0.4) is 0 Å². The van der Waals surface area contributed by atoms with Crippen LogP contribution in [0.5, 0.6) is 0 Å². The summed E-state index contributed by atoms with van der Waals surface area (Å²) >= 11 is 0. The first kappa shape index (κ1) is 18.2. The van der Waals surface area contributed by atoms with Gasteiger partial charge in [-0.2, -0.15) is 15.1 Å². The first-order chi connectivity index (χ1) is 5.37. The summed E-state index contributed by atoms with van der Waals surface area (Å²) in [6, 6.07) is 0. The van der Waals surface area contributed by atoms with Crippen molar-refractivity contribution in [3.05, 3.63) is 0 Å². The van der Waals surface area contributed by atoms with Crippen LogP contribution in [-0.4, -0.2) is 8.80 Å². The van der Waals surface area contributed by atoms with Crippen LogP contribution in [0, 0.1) is 0 Å². The number of rotatable bonds is 0. The fourth-order valence-electron chi connectivity index (χ4n) is 3.38. The van der Waals surface area contributed by atoms with Crippen molar-refractivity contribution in [2.75, 3.05) is 0 Å². The van der Waals surface area contributed by atoms with E-state index in [0.29, 0.717) is 15.1 Å². The molecule has 0 unspecified atom stereocenters. The fourth-order valence-corrected chi connectivity index (χ4v) is 10.1. The van der Waals surface area contributed by atoms with E-state index in [1.165, 1.54) is 0 Å². The van der Waals surface area contributed by atoms with Crippen LogP contribution in [0.25, 0.3) is 0 Å². The maximum atomic E-state index is 2.40. The molecule has 0 heterocycles. The van der Waals surface area contributed by atoms with E-state index in [2.05, 4.69) is 62.3 Å². The van der Waals surface area contributed by atoms with Crippen LogP contribution in [0.4, 0.5) is 0 Å². The van der Waals surface area contributed by atoms with E-state index < -0.39 is 8.80 Å². The Morgan fingerprint density at radius 3 is 0.643 bits per heavy atom. The van der Waals surface area contributed by atoms with Gasteiger partial charge in [0.2, 0.25) is 0 Å².